The molecule has 2 aliphatic rings. The fourth-order valence-corrected chi connectivity index (χ4v) is 7.37. The van der Waals surface area contributed by atoms with Gasteiger partial charge in [-0.25, -0.2) is 15.0 Å². The van der Waals surface area contributed by atoms with Crippen LogP contribution in [0, 0.1) is 0 Å². The van der Waals surface area contributed by atoms with Gasteiger partial charge in [-0.3, -0.25) is 4.98 Å². The average molecular weight is 644 g/mol. The summed E-state index contributed by atoms with van der Waals surface area (Å²) in [5.74, 6) is 2.73. The van der Waals surface area contributed by atoms with E-state index in [1.807, 2.05) is 18.2 Å². The molecule has 0 fully saturated rings. The van der Waals surface area contributed by atoms with Gasteiger partial charge < -0.3 is 9.30 Å². The molecule has 5 aromatic carbocycles. The van der Waals surface area contributed by atoms with Gasteiger partial charge in [0, 0.05) is 57.2 Å². The third-order valence-corrected chi connectivity index (χ3v) is 9.72. The number of para-hydroxylation sites is 2. The summed E-state index contributed by atoms with van der Waals surface area (Å²) in [5, 5.41) is 1.21. The maximum atomic E-state index is 6.79. The van der Waals surface area contributed by atoms with Gasteiger partial charge in [0.25, 0.3) is 0 Å². The molecular weight excluding hydrogens is 615 g/mol. The van der Waals surface area contributed by atoms with E-state index in [9.17, 15) is 0 Å². The lowest BCUT2D eigenvalue weighted by Gasteiger charge is -2.22. The summed E-state index contributed by atoms with van der Waals surface area (Å²) in [4.78, 5) is 19.3. The molecule has 0 saturated heterocycles. The molecule has 10 rings (SSSR count). The highest BCUT2D eigenvalue weighted by molar-refractivity contribution is 5.92. The molecular formula is C44H29N5O. The van der Waals surface area contributed by atoms with Crippen molar-refractivity contribution in [1.29, 1.82) is 0 Å². The molecule has 2 unspecified atom stereocenters. The molecule has 0 radical (unpaired) electrons. The van der Waals surface area contributed by atoms with Crippen molar-refractivity contribution in [3.63, 3.8) is 0 Å². The smallest absolute Gasteiger partial charge is 0.165 e. The van der Waals surface area contributed by atoms with Crippen LogP contribution in [-0.2, 0) is 0 Å². The van der Waals surface area contributed by atoms with Crippen molar-refractivity contribution in [2.75, 3.05) is 0 Å². The van der Waals surface area contributed by atoms with E-state index in [0.29, 0.717) is 17.5 Å². The first-order valence-corrected chi connectivity index (χ1v) is 16.8. The van der Waals surface area contributed by atoms with E-state index >= 15 is 0 Å². The fraction of sp³-hybridized carbons (Fsp3) is 0.0455. The van der Waals surface area contributed by atoms with Gasteiger partial charge in [-0.1, -0.05) is 97.1 Å². The second-order valence-corrected chi connectivity index (χ2v) is 12.7. The van der Waals surface area contributed by atoms with Gasteiger partial charge >= 0.3 is 0 Å². The summed E-state index contributed by atoms with van der Waals surface area (Å²) in [6.45, 7) is 0. The molecule has 50 heavy (non-hydrogen) atoms. The topological polar surface area (TPSA) is 65.7 Å². The molecule has 0 N–H and O–H groups in total. The monoisotopic (exact) mass is 643 g/mol. The number of aromatic nitrogens is 5. The molecule has 0 saturated carbocycles. The van der Waals surface area contributed by atoms with E-state index in [1.54, 1.807) is 12.4 Å². The number of nitrogens with zero attached hydrogens (tertiary/aromatic N) is 5. The molecule has 0 spiro atoms. The summed E-state index contributed by atoms with van der Waals surface area (Å²) in [7, 11) is 0. The van der Waals surface area contributed by atoms with Gasteiger partial charge in [-0.15, -0.1) is 0 Å². The van der Waals surface area contributed by atoms with Crippen LogP contribution in [0.5, 0.6) is 5.75 Å². The number of hydrogen-bond acceptors (Lipinski definition) is 5. The Balaban J connectivity index is 1.06. The highest BCUT2D eigenvalue weighted by Gasteiger charge is 2.40. The number of ether oxygens (including phenoxy) is 1. The van der Waals surface area contributed by atoms with Gasteiger partial charge in [0.1, 0.15) is 11.9 Å². The lowest BCUT2D eigenvalue weighted by Crippen LogP contribution is -2.13. The first kappa shape index (κ1) is 28.4. The molecule has 3 aromatic heterocycles. The van der Waals surface area contributed by atoms with Crippen LogP contribution in [0.15, 0.2) is 158 Å². The summed E-state index contributed by atoms with van der Waals surface area (Å²) in [5.41, 5.74) is 10.8. The van der Waals surface area contributed by atoms with E-state index in [2.05, 4.69) is 143 Å². The first-order valence-electron chi connectivity index (χ1n) is 16.8. The number of pyridine rings is 1. The van der Waals surface area contributed by atoms with Crippen molar-refractivity contribution in [2.45, 2.75) is 12.0 Å². The Kier molecular flexibility index (Phi) is 6.52. The van der Waals surface area contributed by atoms with Crippen LogP contribution in [0.25, 0.3) is 68.0 Å². The Morgan fingerprint density at radius 1 is 0.560 bits per heavy atom. The predicted molar refractivity (Wildman–Crippen MR) is 198 cm³/mol. The summed E-state index contributed by atoms with van der Waals surface area (Å²) in [6, 6.07) is 48.1. The lowest BCUT2D eigenvalue weighted by molar-refractivity contribution is 0.224. The minimum absolute atomic E-state index is 0.0529. The first-order chi connectivity index (χ1) is 24.8. The van der Waals surface area contributed by atoms with Crippen molar-refractivity contribution in [3.05, 3.63) is 175 Å². The van der Waals surface area contributed by atoms with Crippen LogP contribution in [0.2, 0.25) is 0 Å². The van der Waals surface area contributed by atoms with E-state index in [1.165, 1.54) is 22.0 Å². The van der Waals surface area contributed by atoms with Crippen molar-refractivity contribution < 1.29 is 4.74 Å². The van der Waals surface area contributed by atoms with E-state index in [-0.39, 0.29) is 12.0 Å². The SMILES string of the molecule is C1=CC2c3cc(-c4nc(-c5ccc(-c6ccccc6)cc5)nc(-c5cccnc5)n4)ccc3OC2c2c1n(-c1ccccc1)c1ccccc21. The summed E-state index contributed by atoms with van der Waals surface area (Å²) in [6.07, 6.45) is 7.95. The van der Waals surface area contributed by atoms with Crippen molar-refractivity contribution in [3.8, 4) is 56.7 Å². The molecule has 6 heteroatoms. The molecule has 2 atom stereocenters. The molecule has 6 nitrogen and oxygen atoms in total. The maximum absolute atomic E-state index is 6.79. The van der Waals surface area contributed by atoms with Gasteiger partial charge in [0.05, 0.1) is 11.2 Å². The molecule has 0 amide bonds. The largest absolute Gasteiger partial charge is 0.484 e. The zero-order valence-corrected chi connectivity index (χ0v) is 26.9. The highest BCUT2D eigenvalue weighted by atomic mass is 16.5. The quantitative estimate of drug-likeness (QED) is 0.187. The van der Waals surface area contributed by atoms with Crippen molar-refractivity contribution in [1.82, 2.24) is 24.5 Å². The van der Waals surface area contributed by atoms with E-state index in [4.69, 9.17) is 19.7 Å². The zero-order chi connectivity index (χ0) is 33.0. The number of rotatable bonds is 5. The fourth-order valence-electron chi connectivity index (χ4n) is 7.37. The third kappa shape index (κ3) is 4.65. The predicted octanol–water partition coefficient (Wildman–Crippen LogP) is 10.1. The minimum atomic E-state index is -0.141. The number of benzene rings is 5. The Bertz CT molecular complexity index is 2560. The molecule has 236 valence electrons. The average Bonchev–Trinajstić information content (AvgIpc) is 3.74. The Morgan fingerprint density at radius 3 is 1.98 bits per heavy atom. The highest BCUT2D eigenvalue weighted by Crippen LogP contribution is 2.53. The zero-order valence-electron chi connectivity index (χ0n) is 26.9. The van der Waals surface area contributed by atoms with E-state index < -0.39 is 0 Å². The van der Waals surface area contributed by atoms with Gasteiger partial charge in [-0.2, -0.15) is 0 Å². The normalized spacial score (nSPS) is 15.7. The van der Waals surface area contributed by atoms with Crippen LogP contribution in [0.3, 0.4) is 0 Å². The van der Waals surface area contributed by atoms with Crippen LogP contribution in [0.4, 0.5) is 0 Å². The van der Waals surface area contributed by atoms with Gasteiger partial charge in [0.2, 0.25) is 0 Å². The molecule has 0 bridgehead atoms. The molecule has 8 aromatic rings. The van der Waals surface area contributed by atoms with Crippen molar-refractivity contribution >= 4 is 17.0 Å². The van der Waals surface area contributed by atoms with Gasteiger partial charge in [-0.05, 0) is 65.7 Å². The molecule has 1 aliphatic heterocycles. The van der Waals surface area contributed by atoms with Crippen LogP contribution < -0.4 is 4.74 Å². The minimum Gasteiger partial charge on any atom is -0.484 e. The second-order valence-electron chi connectivity index (χ2n) is 12.7. The lowest BCUT2D eigenvalue weighted by atomic mass is 9.85. The number of fused-ring (bicyclic) bond motifs is 7. The summed E-state index contributed by atoms with van der Waals surface area (Å²) >= 11 is 0. The summed E-state index contributed by atoms with van der Waals surface area (Å²) < 4.78 is 9.13. The maximum Gasteiger partial charge on any atom is 0.165 e. The third-order valence-electron chi connectivity index (χ3n) is 9.72. The van der Waals surface area contributed by atoms with Gasteiger partial charge in [0.15, 0.2) is 17.5 Å². The Morgan fingerprint density at radius 2 is 1.20 bits per heavy atom. The van der Waals surface area contributed by atoms with Crippen molar-refractivity contribution in [2.24, 2.45) is 0 Å². The van der Waals surface area contributed by atoms with Crippen LogP contribution >= 0.6 is 0 Å². The second kappa shape index (κ2) is 11.5. The Hall–Kier alpha value is -6.66. The molecule has 1 aliphatic carbocycles. The standard InChI is InChI=1S/C44H29N5O/c1-3-10-28(11-4-1)29-17-19-30(20-18-29)42-46-43(48-44(47-42)32-12-9-25-45-27-32)31-21-24-39-36(26-31)34-22-23-38-40(41(34)50-39)35-15-7-8-16-37(35)49(38)33-13-5-2-6-14-33/h1-27,34,41H. The van der Waals surface area contributed by atoms with E-state index in [0.717, 1.165) is 44.9 Å². The van der Waals surface area contributed by atoms with Crippen LogP contribution in [0.1, 0.15) is 28.8 Å². The Labute approximate surface area is 289 Å². The molecule has 4 heterocycles. The van der Waals surface area contributed by atoms with Crippen LogP contribution in [-0.4, -0.2) is 24.5 Å². The number of hydrogen-bond donors (Lipinski definition) is 0.